The molecule has 1 heterocycles. The maximum atomic E-state index is 13.8. The predicted molar refractivity (Wildman–Crippen MR) is 71.8 cm³/mol. The van der Waals surface area contributed by atoms with Crippen LogP contribution in [0.2, 0.25) is 0 Å². The molecule has 0 atom stereocenters. The monoisotopic (exact) mass is 286 g/mol. The van der Waals surface area contributed by atoms with E-state index in [1.54, 1.807) is 13.1 Å². The standard InChI is InChI=1S/C13H19FN2O2S/c1-15-10-11-5-6-12(14)13(9-11)19(17,18)16-7-3-2-4-8-16/h5-6,9,15H,2-4,7-8,10H2,1H3. The highest BCUT2D eigenvalue weighted by Gasteiger charge is 2.28. The van der Waals surface area contributed by atoms with E-state index in [-0.39, 0.29) is 4.90 Å². The summed E-state index contributed by atoms with van der Waals surface area (Å²) in [6, 6.07) is 4.25. The molecule has 19 heavy (non-hydrogen) atoms. The van der Waals surface area contributed by atoms with Crippen LogP contribution in [0.4, 0.5) is 4.39 Å². The summed E-state index contributed by atoms with van der Waals surface area (Å²) in [4.78, 5) is -0.206. The zero-order chi connectivity index (χ0) is 13.9. The first-order valence-electron chi connectivity index (χ1n) is 6.49. The molecule has 0 saturated carbocycles. The maximum absolute atomic E-state index is 13.8. The van der Waals surface area contributed by atoms with Crippen LogP contribution in [-0.4, -0.2) is 32.9 Å². The topological polar surface area (TPSA) is 49.4 Å². The summed E-state index contributed by atoms with van der Waals surface area (Å²) in [6.07, 6.45) is 2.72. The smallest absolute Gasteiger partial charge is 0.245 e. The molecular weight excluding hydrogens is 267 g/mol. The first kappa shape index (κ1) is 14.4. The van der Waals surface area contributed by atoms with Crippen LogP contribution in [-0.2, 0) is 16.6 Å². The number of nitrogens with zero attached hydrogens (tertiary/aromatic N) is 1. The van der Waals surface area contributed by atoms with Crippen molar-refractivity contribution in [3.8, 4) is 0 Å². The highest BCUT2D eigenvalue weighted by Crippen LogP contribution is 2.23. The summed E-state index contributed by atoms with van der Waals surface area (Å²) in [6.45, 7) is 1.48. The lowest BCUT2D eigenvalue weighted by Crippen LogP contribution is -2.36. The van der Waals surface area contributed by atoms with Crippen molar-refractivity contribution in [1.29, 1.82) is 0 Å². The molecule has 0 amide bonds. The molecule has 4 nitrogen and oxygen atoms in total. The van der Waals surface area contributed by atoms with E-state index in [0.717, 1.165) is 24.8 Å². The molecule has 106 valence electrons. The highest BCUT2D eigenvalue weighted by molar-refractivity contribution is 7.89. The number of benzene rings is 1. The van der Waals surface area contributed by atoms with Gasteiger partial charge in [-0.05, 0) is 37.6 Å². The minimum atomic E-state index is -3.70. The van der Waals surface area contributed by atoms with Crippen LogP contribution in [0, 0.1) is 5.82 Å². The van der Waals surface area contributed by atoms with Gasteiger partial charge < -0.3 is 5.32 Å². The largest absolute Gasteiger partial charge is 0.316 e. The summed E-state index contributed by atoms with van der Waals surface area (Å²) in [5.41, 5.74) is 0.763. The van der Waals surface area contributed by atoms with Crippen molar-refractivity contribution < 1.29 is 12.8 Å². The van der Waals surface area contributed by atoms with Gasteiger partial charge >= 0.3 is 0 Å². The van der Waals surface area contributed by atoms with Crippen LogP contribution in [0.1, 0.15) is 24.8 Å². The number of hydrogen-bond acceptors (Lipinski definition) is 3. The van der Waals surface area contributed by atoms with Gasteiger partial charge in [0.05, 0.1) is 0 Å². The number of halogens is 1. The number of hydrogen-bond donors (Lipinski definition) is 1. The van der Waals surface area contributed by atoms with Crippen LogP contribution < -0.4 is 5.32 Å². The summed E-state index contributed by atoms with van der Waals surface area (Å²) in [5, 5.41) is 2.93. The molecular formula is C13H19FN2O2S. The number of nitrogens with one attached hydrogen (secondary N) is 1. The molecule has 6 heteroatoms. The Morgan fingerprint density at radius 2 is 1.95 bits per heavy atom. The van der Waals surface area contributed by atoms with E-state index in [1.165, 1.54) is 16.4 Å². The molecule has 0 aromatic heterocycles. The van der Waals surface area contributed by atoms with Crippen molar-refractivity contribution in [2.24, 2.45) is 0 Å². The summed E-state index contributed by atoms with van der Waals surface area (Å²) < 4.78 is 40.1. The van der Waals surface area contributed by atoms with Crippen LogP contribution in [0.3, 0.4) is 0 Å². The van der Waals surface area contributed by atoms with E-state index in [9.17, 15) is 12.8 Å². The molecule has 1 aliphatic rings. The molecule has 0 unspecified atom stereocenters. The van der Waals surface area contributed by atoms with Crippen LogP contribution in [0.15, 0.2) is 23.1 Å². The Bertz CT molecular complexity index is 540. The fourth-order valence-corrected chi connectivity index (χ4v) is 3.94. The second-order valence-electron chi connectivity index (χ2n) is 4.76. The highest BCUT2D eigenvalue weighted by atomic mass is 32.2. The van der Waals surface area contributed by atoms with E-state index in [0.29, 0.717) is 19.6 Å². The molecule has 1 N–H and O–H groups in total. The first-order valence-corrected chi connectivity index (χ1v) is 7.93. The maximum Gasteiger partial charge on any atom is 0.245 e. The Morgan fingerprint density at radius 3 is 2.58 bits per heavy atom. The normalized spacial score (nSPS) is 17.6. The Labute approximate surface area is 113 Å². The zero-order valence-corrected chi connectivity index (χ0v) is 11.8. The molecule has 1 aliphatic heterocycles. The lowest BCUT2D eigenvalue weighted by atomic mass is 10.2. The first-order chi connectivity index (χ1) is 9.05. The molecule has 1 saturated heterocycles. The van der Waals surface area contributed by atoms with Gasteiger partial charge in [-0.1, -0.05) is 12.5 Å². The van der Waals surface area contributed by atoms with Gasteiger partial charge in [0.15, 0.2) is 0 Å². The third-order valence-corrected chi connectivity index (χ3v) is 5.22. The number of sulfonamides is 1. The minimum absolute atomic E-state index is 0.206. The molecule has 1 aromatic rings. The lowest BCUT2D eigenvalue weighted by Gasteiger charge is -2.26. The second kappa shape index (κ2) is 5.98. The van der Waals surface area contributed by atoms with Gasteiger partial charge in [-0.25, -0.2) is 12.8 Å². The molecule has 2 rings (SSSR count). The fraction of sp³-hybridized carbons (Fsp3) is 0.538. The van der Waals surface area contributed by atoms with E-state index >= 15 is 0 Å². The molecule has 0 spiro atoms. The van der Waals surface area contributed by atoms with Crippen LogP contribution in [0.5, 0.6) is 0 Å². The SMILES string of the molecule is CNCc1ccc(F)c(S(=O)(=O)N2CCCCC2)c1. The van der Waals surface area contributed by atoms with Crippen molar-refractivity contribution in [2.75, 3.05) is 20.1 Å². The van der Waals surface area contributed by atoms with Crippen LogP contribution >= 0.6 is 0 Å². The van der Waals surface area contributed by atoms with Gasteiger partial charge in [0.25, 0.3) is 0 Å². The van der Waals surface area contributed by atoms with Crippen molar-refractivity contribution in [2.45, 2.75) is 30.7 Å². The van der Waals surface area contributed by atoms with Gasteiger partial charge in [-0.15, -0.1) is 0 Å². The predicted octanol–water partition coefficient (Wildman–Crippen LogP) is 1.72. The van der Waals surface area contributed by atoms with Gasteiger partial charge in [0.2, 0.25) is 10.0 Å². The molecule has 1 aromatic carbocycles. The Kier molecular flexibility index (Phi) is 4.54. The summed E-state index contributed by atoms with van der Waals surface area (Å²) in [5.74, 6) is -0.676. The average Bonchev–Trinajstić information content (AvgIpc) is 2.42. The van der Waals surface area contributed by atoms with Gasteiger partial charge in [-0.3, -0.25) is 0 Å². The average molecular weight is 286 g/mol. The fourth-order valence-electron chi connectivity index (χ4n) is 2.30. The van der Waals surface area contributed by atoms with Crippen LogP contribution in [0.25, 0.3) is 0 Å². The van der Waals surface area contributed by atoms with Gasteiger partial charge in [-0.2, -0.15) is 4.31 Å². The van der Waals surface area contributed by atoms with E-state index in [4.69, 9.17) is 0 Å². The molecule has 0 aliphatic carbocycles. The third-order valence-electron chi connectivity index (χ3n) is 3.31. The number of rotatable bonds is 4. The zero-order valence-electron chi connectivity index (χ0n) is 11.0. The lowest BCUT2D eigenvalue weighted by molar-refractivity contribution is 0.345. The quantitative estimate of drug-likeness (QED) is 0.917. The summed E-state index contributed by atoms with van der Waals surface area (Å²) >= 11 is 0. The van der Waals surface area contributed by atoms with Crippen molar-refractivity contribution in [3.05, 3.63) is 29.6 Å². The third kappa shape index (κ3) is 3.13. The van der Waals surface area contributed by atoms with E-state index in [2.05, 4.69) is 5.32 Å². The van der Waals surface area contributed by atoms with Crippen molar-refractivity contribution >= 4 is 10.0 Å². The van der Waals surface area contributed by atoms with Gasteiger partial charge in [0.1, 0.15) is 10.7 Å². The summed E-state index contributed by atoms with van der Waals surface area (Å²) in [7, 11) is -1.94. The minimum Gasteiger partial charge on any atom is -0.316 e. The van der Waals surface area contributed by atoms with E-state index in [1.807, 2.05) is 0 Å². The van der Waals surface area contributed by atoms with Gasteiger partial charge in [0, 0.05) is 19.6 Å². The molecule has 1 fully saturated rings. The number of piperidine rings is 1. The second-order valence-corrected chi connectivity index (χ2v) is 6.67. The molecule has 0 radical (unpaired) electrons. The Hall–Kier alpha value is -0.980. The Balaban J connectivity index is 2.35. The van der Waals surface area contributed by atoms with Crippen molar-refractivity contribution in [3.63, 3.8) is 0 Å². The van der Waals surface area contributed by atoms with E-state index < -0.39 is 15.8 Å². The van der Waals surface area contributed by atoms with Crippen molar-refractivity contribution in [1.82, 2.24) is 9.62 Å². The Morgan fingerprint density at radius 1 is 1.26 bits per heavy atom. The molecule has 0 bridgehead atoms.